The maximum atomic E-state index is 11.1. The fourth-order valence-corrected chi connectivity index (χ4v) is 1.01. The third-order valence-corrected chi connectivity index (χ3v) is 1.57. The highest BCUT2D eigenvalue weighted by Crippen LogP contribution is 2.02. The van der Waals surface area contributed by atoms with Crippen LogP contribution in [-0.2, 0) is 0 Å². The molecular formula is C6H7N5O. The summed E-state index contributed by atoms with van der Waals surface area (Å²) in [5.41, 5.74) is 6.30. The summed E-state index contributed by atoms with van der Waals surface area (Å²) >= 11 is 0. The van der Waals surface area contributed by atoms with Gasteiger partial charge in [-0.05, 0) is 6.92 Å². The number of nitrogens with zero attached hydrogens (tertiary/aromatic N) is 3. The summed E-state index contributed by atoms with van der Waals surface area (Å²) in [4.78, 5) is 17.4. The lowest BCUT2D eigenvalue weighted by atomic mass is 10.4. The Bertz CT molecular complexity index is 482. The van der Waals surface area contributed by atoms with Gasteiger partial charge < -0.3 is 5.73 Å². The van der Waals surface area contributed by atoms with Gasteiger partial charge in [0.15, 0.2) is 5.65 Å². The number of aryl methyl sites for hydroxylation is 1. The minimum absolute atomic E-state index is 0.108. The Morgan fingerprint density at radius 3 is 3.17 bits per heavy atom. The lowest BCUT2D eigenvalue weighted by molar-refractivity contribution is 0.846. The topological polar surface area (TPSA) is 89.1 Å². The number of nitrogen functional groups attached to an aromatic ring is 1. The predicted octanol–water partition coefficient (Wildman–Crippen LogP) is -0.692. The first kappa shape index (κ1) is 6.84. The van der Waals surface area contributed by atoms with Crippen molar-refractivity contribution in [3.63, 3.8) is 0 Å². The molecular weight excluding hydrogens is 158 g/mol. The summed E-state index contributed by atoms with van der Waals surface area (Å²) in [6.07, 6.45) is 1.57. The Morgan fingerprint density at radius 2 is 2.42 bits per heavy atom. The zero-order valence-corrected chi connectivity index (χ0v) is 6.40. The molecule has 0 atom stereocenters. The molecule has 0 bridgehead atoms. The van der Waals surface area contributed by atoms with E-state index >= 15 is 0 Å². The minimum Gasteiger partial charge on any atom is -0.369 e. The highest BCUT2D eigenvalue weighted by molar-refractivity contribution is 5.46. The number of anilines is 1. The summed E-state index contributed by atoms with van der Waals surface area (Å²) in [5.74, 6) is 0.108. The molecule has 0 fully saturated rings. The summed E-state index contributed by atoms with van der Waals surface area (Å²) in [6.45, 7) is 1.81. The fourth-order valence-electron chi connectivity index (χ4n) is 1.01. The maximum Gasteiger partial charge on any atom is 0.350 e. The van der Waals surface area contributed by atoms with Gasteiger partial charge in [0.1, 0.15) is 0 Å². The SMILES string of the molecule is Cc1cnn2c(=O)[nH]c(N)nc12. The van der Waals surface area contributed by atoms with Gasteiger partial charge >= 0.3 is 5.69 Å². The van der Waals surface area contributed by atoms with Crippen molar-refractivity contribution in [2.75, 3.05) is 5.73 Å². The molecule has 0 unspecified atom stereocenters. The molecule has 0 spiro atoms. The van der Waals surface area contributed by atoms with Crippen molar-refractivity contribution in [1.29, 1.82) is 0 Å². The third kappa shape index (κ3) is 0.777. The van der Waals surface area contributed by atoms with Crippen molar-refractivity contribution in [2.24, 2.45) is 0 Å². The second-order valence-corrected chi connectivity index (χ2v) is 2.49. The zero-order valence-electron chi connectivity index (χ0n) is 6.40. The molecule has 2 aromatic rings. The average molecular weight is 165 g/mol. The molecule has 6 nitrogen and oxygen atoms in total. The zero-order chi connectivity index (χ0) is 8.72. The number of aromatic nitrogens is 4. The Morgan fingerprint density at radius 1 is 1.67 bits per heavy atom. The van der Waals surface area contributed by atoms with Gasteiger partial charge in [0.25, 0.3) is 0 Å². The number of aromatic amines is 1. The minimum atomic E-state index is -0.370. The second-order valence-electron chi connectivity index (χ2n) is 2.49. The molecule has 0 aliphatic heterocycles. The Hall–Kier alpha value is -1.85. The third-order valence-electron chi connectivity index (χ3n) is 1.57. The number of hydrogen-bond donors (Lipinski definition) is 2. The van der Waals surface area contributed by atoms with Crippen LogP contribution in [0.15, 0.2) is 11.0 Å². The molecule has 3 N–H and O–H groups in total. The van der Waals surface area contributed by atoms with E-state index < -0.39 is 0 Å². The van der Waals surface area contributed by atoms with Gasteiger partial charge in [0.05, 0.1) is 6.20 Å². The molecule has 0 saturated heterocycles. The lowest BCUT2D eigenvalue weighted by Crippen LogP contribution is -2.20. The largest absolute Gasteiger partial charge is 0.369 e. The number of fused-ring (bicyclic) bond motifs is 1. The van der Waals surface area contributed by atoms with E-state index in [0.717, 1.165) is 5.56 Å². The molecule has 62 valence electrons. The smallest absolute Gasteiger partial charge is 0.350 e. The summed E-state index contributed by atoms with van der Waals surface area (Å²) in [6, 6.07) is 0. The van der Waals surface area contributed by atoms with Crippen LogP contribution in [0.25, 0.3) is 5.65 Å². The standard InChI is InChI=1S/C6H7N5O/c1-3-2-8-11-4(3)9-5(7)10-6(11)12/h2H,1H3,(H3,7,9,10,12). The summed E-state index contributed by atoms with van der Waals surface area (Å²) in [7, 11) is 0. The van der Waals surface area contributed by atoms with E-state index in [4.69, 9.17) is 5.73 Å². The monoisotopic (exact) mass is 165 g/mol. The molecule has 2 rings (SSSR count). The molecule has 0 amide bonds. The number of rotatable bonds is 0. The van der Waals surface area contributed by atoms with Crippen LogP contribution < -0.4 is 11.4 Å². The normalized spacial score (nSPS) is 10.8. The van der Waals surface area contributed by atoms with E-state index in [1.807, 2.05) is 6.92 Å². The van der Waals surface area contributed by atoms with Gasteiger partial charge in [0, 0.05) is 5.56 Å². The number of H-pyrrole nitrogens is 1. The van der Waals surface area contributed by atoms with Gasteiger partial charge in [-0.1, -0.05) is 0 Å². The first-order chi connectivity index (χ1) is 5.68. The lowest BCUT2D eigenvalue weighted by Gasteiger charge is -1.93. The number of nitrogens with two attached hydrogens (primary N) is 1. The van der Waals surface area contributed by atoms with Gasteiger partial charge in [-0.25, -0.2) is 4.79 Å². The first-order valence-electron chi connectivity index (χ1n) is 3.38. The van der Waals surface area contributed by atoms with Crippen LogP contribution in [0.1, 0.15) is 5.56 Å². The van der Waals surface area contributed by atoms with Crippen LogP contribution in [0.3, 0.4) is 0 Å². The van der Waals surface area contributed by atoms with E-state index in [0.29, 0.717) is 5.65 Å². The quantitative estimate of drug-likeness (QED) is 0.540. The van der Waals surface area contributed by atoms with Crippen molar-refractivity contribution in [3.05, 3.63) is 22.2 Å². The molecule has 0 aliphatic rings. The van der Waals surface area contributed by atoms with Crippen LogP contribution >= 0.6 is 0 Å². The van der Waals surface area contributed by atoms with Crippen LogP contribution in [0.5, 0.6) is 0 Å². The molecule has 0 aromatic carbocycles. The summed E-state index contributed by atoms with van der Waals surface area (Å²) in [5, 5.41) is 3.81. The van der Waals surface area contributed by atoms with Crippen molar-refractivity contribution >= 4 is 11.6 Å². The molecule has 0 radical (unpaired) electrons. The molecule has 0 aliphatic carbocycles. The number of hydrogen-bond acceptors (Lipinski definition) is 4. The fraction of sp³-hybridized carbons (Fsp3) is 0.167. The van der Waals surface area contributed by atoms with Crippen molar-refractivity contribution in [2.45, 2.75) is 6.92 Å². The summed E-state index contributed by atoms with van der Waals surface area (Å²) < 4.78 is 1.17. The Balaban J connectivity index is 3.03. The van der Waals surface area contributed by atoms with Crippen molar-refractivity contribution < 1.29 is 0 Å². The van der Waals surface area contributed by atoms with E-state index in [1.165, 1.54) is 4.52 Å². The van der Waals surface area contributed by atoms with E-state index in [2.05, 4.69) is 15.1 Å². The van der Waals surface area contributed by atoms with Crippen molar-refractivity contribution in [1.82, 2.24) is 19.6 Å². The van der Waals surface area contributed by atoms with Crippen LogP contribution in [-0.4, -0.2) is 19.6 Å². The van der Waals surface area contributed by atoms with Crippen LogP contribution in [0, 0.1) is 6.92 Å². The highest BCUT2D eigenvalue weighted by atomic mass is 16.1. The van der Waals surface area contributed by atoms with Gasteiger partial charge in [-0.3, -0.25) is 4.98 Å². The number of nitrogens with one attached hydrogen (secondary N) is 1. The molecule has 6 heteroatoms. The molecule has 0 saturated carbocycles. The van der Waals surface area contributed by atoms with E-state index in [1.54, 1.807) is 6.20 Å². The van der Waals surface area contributed by atoms with E-state index in [9.17, 15) is 4.79 Å². The van der Waals surface area contributed by atoms with Gasteiger partial charge in [-0.15, -0.1) is 0 Å². The van der Waals surface area contributed by atoms with Crippen LogP contribution in [0.2, 0.25) is 0 Å². The van der Waals surface area contributed by atoms with Gasteiger partial charge in [0.2, 0.25) is 5.95 Å². The average Bonchev–Trinajstić information content (AvgIpc) is 2.33. The Kier molecular flexibility index (Phi) is 1.18. The Labute approximate surface area is 67.0 Å². The van der Waals surface area contributed by atoms with Crippen LogP contribution in [0.4, 0.5) is 5.95 Å². The predicted molar refractivity (Wildman–Crippen MR) is 42.8 cm³/mol. The van der Waals surface area contributed by atoms with Gasteiger partial charge in [-0.2, -0.15) is 14.6 Å². The molecule has 12 heavy (non-hydrogen) atoms. The highest BCUT2D eigenvalue weighted by Gasteiger charge is 2.03. The molecule has 2 aromatic heterocycles. The van der Waals surface area contributed by atoms with Crippen molar-refractivity contribution in [3.8, 4) is 0 Å². The maximum absolute atomic E-state index is 11.1. The second kappa shape index (κ2) is 2.07. The molecule has 2 heterocycles. The van der Waals surface area contributed by atoms with E-state index in [-0.39, 0.29) is 11.6 Å². The first-order valence-corrected chi connectivity index (χ1v) is 3.38.